The fraction of sp³-hybridized carbons (Fsp3) is 0.400. The summed E-state index contributed by atoms with van der Waals surface area (Å²) in [5.41, 5.74) is -6.33. The smallest absolute Gasteiger partial charge is 0.374 e. The van der Waals surface area contributed by atoms with Crippen LogP contribution >= 0.6 is 11.6 Å². The van der Waals surface area contributed by atoms with Crippen LogP contribution in [0.15, 0.2) is 35.5 Å². The fourth-order valence-corrected chi connectivity index (χ4v) is 4.37. The number of carbonyl (C=O) groups is 2. The first-order chi connectivity index (χ1) is 18.1. The summed E-state index contributed by atoms with van der Waals surface area (Å²) in [6, 6.07) is 3.72. The Kier molecular flexibility index (Phi) is 8.54. The van der Waals surface area contributed by atoms with Crippen molar-refractivity contribution in [2.24, 2.45) is 5.16 Å². The first-order valence-corrected chi connectivity index (χ1v) is 12.1. The first-order valence-electron chi connectivity index (χ1n) is 11.7. The molecule has 212 valence electrons. The van der Waals surface area contributed by atoms with Gasteiger partial charge in [0.15, 0.2) is 0 Å². The van der Waals surface area contributed by atoms with Crippen molar-refractivity contribution in [1.29, 1.82) is 0 Å². The summed E-state index contributed by atoms with van der Waals surface area (Å²) in [6.45, 7) is 5.77. The van der Waals surface area contributed by atoms with Gasteiger partial charge in [-0.2, -0.15) is 26.3 Å². The maximum atomic E-state index is 14.7. The van der Waals surface area contributed by atoms with Crippen LogP contribution in [0.1, 0.15) is 59.3 Å². The van der Waals surface area contributed by atoms with Crippen molar-refractivity contribution in [3.05, 3.63) is 69.0 Å². The summed E-state index contributed by atoms with van der Waals surface area (Å²) in [4.78, 5) is 28.5. The second kappa shape index (κ2) is 11.0. The Bertz CT molecular complexity index is 1310. The van der Waals surface area contributed by atoms with E-state index in [4.69, 9.17) is 11.6 Å². The van der Waals surface area contributed by atoms with Crippen LogP contribution in [0, 0.1) is 12.7 Å². The number of carbonyl (C=O) groups excluding carboxylic acids is 2. The van der Waals surface area contributed by atoms with Crippen molar-refractivity contribution in [3.8, 4) is 0 Å². The molecule has 0 aliphatic carbocycles. The Morgan fingerprint density at radius 2 is 1.82 bits per heavy atom. The molecule has 4 rings (SSSR count). The number of hydrogen-bond donors (Lipinski definition) is 2. The van der Waals surface area contributed by atoms with Crippen molar-refractivity contribution < 1.29 is 45.2 Å². The highest BCUT2D eigenvalue weighted by atomic mass is 35.5. The summed E-state index contributed by atoms with van der Waals surface area (Å²) in [6.07, 6.45) is -11.5. The monoisotopic (exact) mass is 581 g/mol. The molecule has 14 heteroatoms. The summed E-state index contributed by atoms with van der Waals surface area (Å²) in [5, 5.41) is 7.51. The molecule has 1 fully saturated rings. The molecule has 6 nitrogen and oxygen atoms in total. The van der Waals surface area contributed by atoms with Crippen molar-refractivity contribution in [2.45, 2.75) is 57.6 Å². The average Bonchev–Trinajstić information content (AvgIpc) is 3.48. The largest absolute Gasteiger partial charge is 0.435 e. The molecule has 2 aromatic carbocycles. The molecule has 0 radical (unpaired) electrons. The van der Waals surface area contributed by atoms with Crippen LogP contribution in [0.5, 0.6) is 0 Å². The Hall–Kier alpha value is -3.35. The first kappa shape index (κ1) is 30.2. The number of hydrogen-bond acceptors (Lipinski definition) is 4. The van der Waals surface area contributed by atoms with Crippen LogP contribution in [-0.2, 0) is 21.4 Å². The highest BCUT2D eigenvalue weighted by Crippen LogP contribution is 2.51. The van der Waals surface area contributed by atoms with E-state index in [1.165, 1.54) is 25.1 Å². The number of amides is 2. The van der Waals surface area contributed by atoms with E-state index in [0.717, 1.165) is 0 Å². The van der Waals surface area contributed by atoms with Crippen LogP contribution in [-0.4, -0.2) is 36.3 Å². The Balaban J connectivity index is 0.00000205. The Labute approximate surface area is 223 Å². The second-order valence-electron chi connectivity index (χ2n) is 8.66. The summed E-state index contributed by atoms with van der Waals surface area (Å²) in [5.74, 6) is -2.45. The van der Waals surface area contributed by atoms with Crippen LogP contribution in [0.4, 0.5) is 30.7 Å². The third-order valence-corrected chi connectivity index (χ3v) is 6.37. The van der Waals surface area contributed by atoms with Gasteiger partial charge >= 0.3 is 12.4 Å². The number of aryl methyl sites for hydroxylation is 1. The third kappa shape index (κ3) is 5.97. The van der Waals surface area contributed by atoms with Crippen LogP contribution in [0.25, 0.3) is 0 Å². The molecule has 2 aliphatic heterocycles. The van der Waals surface area contributed by atoms with Gasteiger partial charge in [-0.25, -0.2) is 4.39 Å². The lowest BCUT2D eigenvalue weighted by molar-refractivity contribution is -0.276. The molecule has 0 spiro atoms. The Morgan fingerprint density at radius 3 is 2.36 bits per heavy atom. The quantitative estimate of drug-likeness (QED) is 0.433. The zero-order valence-electron chi connectivity index (χ0n) is 20.8. The highest BCUT2D eigenvalue weighted by Gasteiger charge is 2.64. The minimum Gasteiger partial charge on any atom is -0.374 e. The van der Waals surface area contributed by atoms with E-state index < -0.39 is 58.3 Å². The molecule has 0 unspecified atom stereocenters. The van der Waals surface area contributed by atoms with E-state index >= 15 is 0 Å². The molecule has 0 saturated carbocycles. The van der Waals surface area contributed by atoms with Gasteiger partial charge in [-0.1, -0.05) is 36.7 Å². The minimum atomic E-state index is -5.38. The maximum absolute atomic E-state index is 14.7. The molecule has 2 amide bonds. The number of nitrogens with zero attached hydrogens (tertiary/aromatic N) is 1. The van der Waals surface area contributed by atoms with Crippen molar-refractivity contribution in [3.63, 3.8) is 0 Å². The average molecular weight is 582 g/mol. The predicted octanol–water partition coefficient (Wildman–Crippen LogP) is 6.03. The lowest BCUT2D eigenvalue weighted by Crippen LogP contribution is -2.43. The van der Waals surface area contributed by atoms with Crippen molar-refractivity contribution >= 4 is 29.1 Å². The third-order valence-electron chi connectivity index (χ3n) is 6.09. The molecule has 2 aromatic rings. The molecule has 39 heavy (non-hydrogen) atoms. The fourth-order valence-electron chi connectivity index (χ4n) is 4.15. The summed E-state index contributed by atoms with van der Waals surface area (Å²) >= 11 is 5.51. The number of halogens is 8. The van der Waals surface area contributed by atoms with Crippen molar-refractivity contribution in [1.82, 2.24) is 10.6 Å². The number of benzene rings is 2. The SMILES string of the molecule is CC.Cc1cc(C2=NO[C@](c3cc(C(F)(F)F)cc(Cl)c3F)(C(F)(F)F)C2)ccc1C(=O)N[C@@H]1CNC(=O)C1. The molecule has 0 aromatic heterocycles. The number of rotatable bonds is 4. The van der Waals surface area contributed by atoms with Gasteiger partial charge in [-0.05, 0) is 42.3 Å². The molecular formula is C25H23ClF7N3O3. The lowest BCUT2D eigenvalue weighted by atomic mass is 9.85. The predicted molar refractivity (Wildman–Crippen MR) is 128 cm³/mol. The van der Waals surface area contributed by atoms with E-state index in [9.17, 15) is 40.3 Å². The molecule has 0 bridgehead atoms. The number of oxime groups is 1. The Morgan fingerprint density at radius 1 is 1.15 bits per heavy atom. The normalized spacial score (nSPS) is 20.9. The molecule has 2 aliphatic rings. The van der Waals surface area contributed by atoms with Crippen molar-refractivity contribution in [2.75, 3.05) is 6.54 Å². The highest BCUT2D eigenvalue weighted by molar-refractivity contribution is 6.30. The van der Waals surface area contributed by atoms with Gasteiger partial charge in [0.25, 0.3) is 11.5 Å². The molecule has 2 N–H and O–H groups in total. The maximum Gasteiger partial charge on any atom is 0.435 e. The van der Waals surface area contributed by atoms with E-state index in [1.54, 1.807) is 0 Å². The molecule has 2 heterocycles. The van der Waals surface area contributed by atoms with E-state index in [1.807, 2.05) is 13.8 Å². The van der Waals surface area contributed by atoms with E-state index in [-0.39, 0.29) is 47.8 Å². The number of nitrogens with one attached hydrogen (secondary N) is 2. The standard InChI is InChI=1S/C23H17ClF7N3O3.C2H6/c1-10-4-11(2-3-14(10)20(36)33-13-7-18(35)32-9-13)17-8-21(37-34-17,23(29,30)31)15-5-12(22(26,27)28)6-16(24)19(15)25;1-2/h2-6,13H,7-9H2,1H3,(H,32,35)(H,33,36);1-2H3/t13-,21+;/m0./s1. The van der Waals surface area contributed by atoms with E-state index in [0.29, 0.717) is 5.56 Å². The van der Waals surface area contributed by atoms with Crippen LogP contribution in [0.2, 0.25) is 5.02 Å². The van der Waals surface area contributed by atoms with Gasteiger partial charge in [0.2, 0.25) is 5.91 Å². The zero-order valence-corrected chi connectivity index (χ0v) is 21.5. The van der Waals surface area contributed by atoms with Crippen LogP contribution < -0.4 is 10.6 Å². The summed E-state index contributed by atoms with van der Waals surface area (Å²) in [7, 11) is 0. The summed E-state index contributed by atoms with van der Waals surface area (Å²) < 4.78 is 97.1. The van der Waals surface area contributed by atoms with Gasteiger partial charge < -0.3 is 15.5 Å². The topological polar surface area (TPSA) is 79.8 Å². The van der Waals surface area contributed by atoms with E-state index in [2.05, 4.69) is 20.6 Å². The molecule has 1 saturated heterocycles. The van der Waals surface area contributed by atoms with Gasteiger partial charge in [-0.3, -0.25) is 9.59 Å². The lowest BCUT2D eigenvalue weighted by Gasteiger charge is -2.30. The zero-order chi connectivity index (χ0) is 29.3. The molecular weight excluding hydrogens is 559 g/mol. The van der Waals surface area contributed by atoms with Gasteiger partial charge in [0, 0.05) is 24.1 Å². The number of alkyl halides is 6. The van der Waals surface area contributed by atoms with Gasteiger partial charge in [-0.15, -0.1) is 0 Å². The molecule has 2 atom stereocenters. The van der Waals surface area contributed by atoms with Gasteiger partial charge in [0.1, 0.15) is 5.82 Å². The van der Waals surface area contributed by atoms with Crippen LogP contribution in [0.3, 0.4) is 0 Å². The minimum absolute atomic E-state index is 0.00840. The second-order valence-corrected chi connectivity index (χ2v) is 9.06. The van der Waals surface area contributed by atoms with Gasteiger partial charge in [0.05, 0.1) is 28.8 Å².